The molecular formula is C12H23N5. The van der Waals surface area contributed by atoms with Crippen LogP contribution in [0, 0.1) is 5.92 Å². The molecule has 0 amide bonds. The predicted molar refractivity (Wildman–Crippen MR) is 66.5 cm³/mol. The van der Waals surface area contributed by atoms with E-state index < -0.39 is 0 Å². The van der Waals surface area contributed by atoms with Gasteiger partial charge in [0.15, 0.2) is 5.82 Å². The molecule has 0 bridgehead atoms. The Labute approximate surface area is 103 Å². The Morgan fingerprint density at radius 3 is 2.94 bits per heavy atom. The topological polar surface area (TPSA) is 55.6 Å². The Hall–Kier alpha value is -0.970. The van der Waals surface area contributed by atoms with E-state index in [-0.39, 0.29) is 0 Å². The third kappa shape index (κ3) is 3.03. The molecule has 0 spiro atoms. The van der Waals surface area contributed by atoms with Crippen molar-refractivity contribution < 1.29 is 0 Å². The maximum absolute atomic E-state index is 4.18. The minimum absolute atomic E-state index is 0.497. The van der Waals surface area contributed by atoms with Crippen LogP contribution in [0.4, 0.5) is 0 Å². The molecule has 0 saturated heterocycles. The van der Waals surface area contributed by atoms with Crippen LogP contribution in [0.5, 0.6) is 0 Å². The minimum Gasteiger partial charge on any atom is -0.310 e. The molecule has 0 radical (unpaired) electrons. The lowest BCUT2D eigenvalue weighted by Gasteiger charge is -2.29. The molecule has 1 N–H and O–H groups in total. The molecule has 17 heavy (non-hydrogen) atoms. The monoisotopic (exact) mass is 237 g/mol. The largest absolute Gasteiger partial charge is 0.310 e. The molecule has 1 aliphatic carbocycles. The molecule has 1 saturated carbocycles. The molecule has 96 valence electrons. The van der Waals surface area contributed by atoms with Gasteiger partial charge in [0.1, 0.15) is 0 Å². The molecule has 1 aliphatic rings. The normalized spacial score (nSPS) is 25.1. The molecular weight excluding hydrogens is 214 g/mol. The van der Waals surface area contributed by atoms with Crippen molar-refractivity contribution in [2.75, 3.05) is 6.54 Å². The van der Waals surface area contributed by atoms with E-state index in [9.17, 15) is 0 Å². The van der Waals surface area contributed by atoms with Crippen molar-refractivity contribution >= 4 is 0 Å². The molecule has 5 heteroatoms. The zero-order chi connectivity index (χ0) is 12.1. The Bertz CT molecular complexity index is 335. The lowest BCUT2D eigenvalue weighted by atomic mass is 9.86. The first-order valence-corrected chi connectivity index (χ1v) is 6.80. The van der Waals surface area contributed by atoms with Crippen molar-refractivity contribution in [1.29, 1.82) is 0 Å². The lowest BCUT2D eigenvalue weighted by Crippen LogP contribution is -2.26. The Morgan fingerprint density at radius 2 is 2.18 bits per heavy atom. The second-order valence-corrected chi connectivity index (χ2v) is 5.05. The molecule has 0 aromatic carbocycles. The highest BCUT2D eigenvalue weighted by Crippen LogP contribution is 2.33. The van der Waals surface area contributed by atoms with Crippen LogP contribution in [0.1, 0.15) is 57.8 Å². The molecule has 2 unspecified atom stereocenters. The Morgan fingerprint density at radius 1 is 1.35 bits per heavy atom. The molecule has 0 aliphatic heterocycles. The van der Waals surface area contributed by atoms with Crippen LogP contribution in [-0.2, 0) is 6.54 Å². The van der Waals surface area contributed by atoms with Gasteiger partial charge in [-0.15, -0.1) is 5.10 Å². The van der Waals surface area contributed by atoms with Gasteiger partial charge >= 0.3 is 0 Å². The molecule has 1 heterocycles. The molecule has 2 atom stereocenters. The van der Waals surface area contributed by atoms with Gasteiger partial charge in [0.25, 0.3) is 0 Å². The first-order valence-electron chi connectivity index (χ1n) is 6.80. The second-order valence-electron chi connectivity index (χ2n) is 5.05. The second kappa shape index (κ2) is 6.10. The lowest BCUT2D eigenvalue weighted by molar-refractivity contribution is 0.231. The van der Waals surface area contributed by atoms with Gasteiger partial charge in [-0.3, -0.25) is 0 Å². The van der Waals surface area contributed by atoms with E-state index in [4.69, 9.17) is 0 Å². The molecule has 2 rings (SSSR count). The third-order valence-electron chi connectivity index (χ3n) is 3.65. The smallest absolute Gasteiger partial charge is 0.165 e. The molecule has 5 nitrogen and oxygen atoms in total. The predicted octanol–water partition coefficient (Wildman–Crippen LogP) is 1.92. The van der Waals surface area contributed by atoms with Gasteiger partial charge in [-0.1, -0.05) is 26.7 Å². The van der Waals surface area contributed by atoms with Crippen LogP contribution in [-0.4, -0.2) is 26.8 Å². The van der Waals surface area contributed by atoms with Crippen molar-refractivity contribution in [2.45, 2.75) is 58.5 Å². The zero-order valence-corrected chi connectivity index (χ0v) is 10.9. The third-order valence-corrected chi connectivity index (χ3v) is 3.65. The van der Waals surface area contributed by atoms with Crippen LogP contribution in [0.25, 0.3) is 0 Å². The van der Waals surface area contributed by atoms with Gasteiger partial charge < -0.3 is 5.32 Å². The first-order chi connectivity index (χ1) is 8.33. The number of hydrogen-bond donors (Lipinski definition) is 1. The number of rotatable bonds is 5. The Balaban J connectivity index is 2.01. The van der Waals surface area contributed by atoms with Crippen molar-refractivity contribution in [3.63, 3.8) is 0 Å². The average molecular weight is 237 g/mol. The van der Waals surface area contributed by atoms with E-state index in [0.717, 1.165) is 25.3 Å². The maximum Gasteiger partial charge on any atom is 0.165 e. The quantitative estimate of drug-likeness (QED) is 0.795. The van der Waals surface area contributed by atoms with Gasteiger partial charge in [-0.05, 0) is 42.2 Å². The van der Waals surface area contributed by atoms with E-state index in [1.54, 1.807) is 0 Å². The highest BCUT2D eigenvalue weighted by molar-refractivity contribution is 4.87. The van der Waals surface area contributed by atoms with Crippen LogP contribution < -0.4 is 5.32 Å². The van der Waals surface area contributed by atoms with E-state index in [1.807, 2.05) is 4.68 Å². The summed E-state index contributed by atoms with van der Waals surface area (Å²) in [5, 5.41) is 15.5. The summed E-state index contributed by atoms with van der Waals surface area (Å²) < 4.78 is 2.05. The zero-order valence-electron chi connectivity index (χ0n) is 10.9. The van der Waals surface area contributed by atoms with E-state index in [0.29, 0.717) is 12.0 Å². The van der Waals surface area contributed by atoms with Gasteiger partial charge in [-0.25, -0.2) is 4.68 Å². The summed E-state index contributed by atoms with van der Waals surface area (Å²) in [6, 6.07) is 0.497. The van der Waals surface area contributed by atoms with Crippen LogP contribution >= 0.6 is 0 Å². The van der Waals surface area contributed by atoms with Crippen molar-refractivity contribution in [2.24, 2.45) is 5.92 Å². The van der Waals surface area contributed by atoms with Crippen LogP contribution in [0.3, 0.4) is 0 Å². The van der Waals surface area contributed by atoms with Gasteiger partial charge in [0.2, 0.25) is 0 Å². The van der Waals surface area contributed by atoms with Gasteiger partial charge in [0.05, 0.1) is 12.6 Å². The van der Waals surface area contributed by atoms with Crippen molar-refractivity contribution in [3.05, 3.63) is 5.82 Å². The first kappa shape index (κ1) is 12.5. The van der Waals surface area contributed by atoms with E-state index >= 15 is 0 Å². The summed E-state index contributed by atoms with van der Waals surface area (Å²) in [5.74, 6) is 1.68. The molecule has 1 fully saturated rings. The fourth-order valence-electron chi connectivity index (χ4n) is 2.62. The summed E-state index contributed by atoms with van der Waals surface area (Å²) in [7, 11) is 0. The average Bonchev–Trinajstić information content (AvgIpc) is 2.78. The van der Waals surface area contributed by atoms with E-state index in [2.05, 4.69) is 34.7 Å². The van der Waals surface area contributed by atoms with Gasteiger partial charge in [-0.2, -0.15) is 0 Å². The summed E-state index contributed by atoms with van der Waals surface area (Å²) in [5.41, 5.74) is 0. The number of nitrogens with zero attached hydrogens (tertiary/aromatic N) is 4. The minimum atomic E-state index is 0.497. The fourth-order valence-corrected chi connectivity index (χ4v) is 2.62. The summed E-state index contributed by atoms with van der Waals surface area (Å²) in [4.78, 5) is 0. The standard InChI is InChI=1S/C12H23N5/c1-3-8-13-9-12-14-15-16-17(12)11-7-5-4-6-10(11)2/h10-11,13H,3-9H2,1-2H3. The summed E-state index contributed by atoms with van der Waals surface area (Å²) in [6.45, 7) is 6.28. The fraction of sp³-hybridized carbons (Fsp3) is 0.917. The van der Waals surface area contributed by atoms with Crippen molar-refractivity contribution in [3.8, 4) is 0 Å². The van der Waals surface area contributed by atoms with Gasteiger partial charge in [0, 0.05) is 0 Å². The highest BCUT2D eigenvalue weighted by atomic mass is 15.6. The number of nitrogens with one attached hydrogen (secondary N) is 1. The molecule has 1 aromatic heterocycles. The number of tetrazole rings is 1. The maximum atomic E-state index is 4.18. The highest BCUT2D eigenvalue weighted by Gasteiger charge is 2.25. The Kier molecular flexibility index (Phi) is 4.48. The SMILES string of the molecule is CCCNCc1nnnn1C1CCCCC1C. The summed E-state index contributed by atoms with van der Waals surface area (Å²) in [6.07, 6.45) is 6.31. The molecule has 1 aromatic rings. The van der Waals surface area contributed by atoms with Crippen LogP contribution in [0.2, 0.25) is 0 Å². The number of hydrogen-bond acceptors (Lipinski definition) is 4. The summed E-state index contributed by atoms with van der Waals surface area (Å²) >= 11 is 0. The van der Waals surface area contributed by atoms with Crippen LogP contribution in [0.15, 0.2) is 0 Å². The van der Waals surface area contributed by atoms with E-state index in [1.165, 1.54) is 25.7 Å². The van der Waals surface area contributed by atoms with Crippen molar-refractivity contribution in [1.82, 2.24) is 25.5 Å². The number of aromatic nitrogens is 4.